The number of aromatic nitrogens is 5. The van der Waals surface area contributed by atoms with E-state index in [-0.39, 0.29) is 17.8 Å². The summed E-state index contributed by atoms with van der Waals surface area (Å²) >= 11 is 0. The highest BCUT2D eigenvalue weighted by Gasteiger charge is 2.28. The number of carbonyl (C=O) groups is 1. The molecule has 3 aromatic heterocycles. The standard InChI is InChI=1S/C23H25N7O/c1-16(2)19-14-28-11-6-9-20(28)22(26-19)29-12-10-17(13-29)25-23(31)21-24-15-30(27-21)18-7-4-3-5-8-18/h3-9,11,14-17H,10,12-13H2,1-2H3,(H,25,31)/t17-/m0/s1. The van der Waals surface area contributed by atoms with Crippen LogP contribution >= 0.6 is 0 Å². The van der Waals surface area contributed by atoms with Gasteiger partial charge in [-0.1, -0.05) is 32.0 Å². The van der Waals surface area contributed by atoms with E-state index in [1.54, 1.807) is 11.0 Å². The lowest BCUT2D eigenvalue weighted by atomic mass is 10.1. The van der Waals surface area contributed by atoms with Crippen LogP contribution in [0.1, 0.15) is 42.5 Å². The van der Waals surface area contributed by atoms with E-state index < -0.39 is 0 Å². The van der Waals surface area contributed by atoms with Crippen molar-refractivity contribution in [2.45, 2.75) is 32.2 Å². The van der Waals surface area contributed by atoms with Gasteiger partial charge in [-0.3, -0.25) is 4.79 Å². The van der Waals surface area contributed by atoms with Crippen LogP contribution < -0.4 is 10.2 Å². The minimum absolute atomic E-state index is 0.0238. The highest BCUT2D eigenvalue weighted by atomic mass is 16.2. The van der Waals surface area contributed by atoms with Gasteiger partial charge in [0.15, 0.2) is 5.82 Å². The molecule has 0 saturated carbocycles. The molecule has 1 saturated heterocycles. The number of anilines is 1. The minimum Gasteiger partial charge on any atom is -0.353 e. The summed E-state index contributed by atoms with van der Waals surface area (Å²) in [5.41, 5.74) is 3.01. The van der Waals surface area contributed by atoms with E-state index in [0.29, 0.717) is 12.5 Å². The number of carbonyl (C=O) groups excluding carboxylic acids is 1. The predicted octanol–water partition coefficient (Wildman–Crippen LogP) is 3.05. The largest absolute Gasteiger partial charge is 0.353 e. The van der Waals surface area contributed by atoms with E-state index in [1.165, 1.54) is 0 Å². The van der Waals surface area contributed by atoms with Crippen LogP contribution in [-0.2, 0) is 0 Å². The molecular weight excluding hydrogens is 390 g/mol. The Kier molecular flexibility index (Phi) is 4.89. The zero-order valence-electron chi connectivity index (χ0n) is 17.6. The Labute approximate surface area is 180 Å². The second kappa shape index (κ2) is 7.86. The summed E-state index contributed by atoms with van der Waals surface area (Å²) in [5, 5.41) is 7.41. The van der Waals surface area contributed by atoms with E-state index in [4.69, 9.17) is 4.98 Å². The molecule has 1 fully saturated rings. The molecule has 1 aromatic carbocycles. The van der Waals surface area contributed by atoms with Crippen LogP contribution in [0.2, 0.25) is 0 Å². The molecule has 0 unspecified atom stereocenters. The molecule has 1 amide bonds. The lowest BCUT2D eigenvalue weighted by Crippen LogP contribution is -2.37. The van der Waals surface area contributed by atoms with Gasteiger partial charge in [0.1, 0.15) is 6.33 Å². The lowest BCUT2D eigenvalue weighted by molar-refractivity contribution is 0.0930. The SMILES string of the molecule is CC(C)c1cn2cccc2c(N2CC[C@H](NC(=O)c3ncn(-c4ccccc4)n3)C2)n1. The molecule has 1 aliphatic heterocycles. The average Bonchev–Trinajstić information content (AvgIpc) is 3.53. The number of hydrogen-bond acceptors (Lipinski definition) is 5. The minimum atomic E-state index is -0.252. The van der Waals surface area contributed by atoms with Gasteiger partial charge in [0.25, 0.3) is 5.91 Å². The Hall–Kier alpha value is -3.68. The van der Waals surface area contributed by atoms with Crippen LogP contribution in [0, 0.1) is 0 Å². The number of rotatable bonds is 5. The number of benzene rings is 1. The Morgan fingerprint density at radius 3 is 2.81 bits per heavy atom. The molecule has 1 aliphatic rings. The van der Waals surface area contributed by atoms with Crippen LogP contribution in [0.4, 0.5) is 5.82 Å². The molecule has 0 bridgehead atoms. The molecule has 1 atom stereocenters. The smallest absolute Gasteiger partial charge is 0.291 e. The van der Waals surface area contributed by atoms with Crippen LogP contribution in [-0.4, -0.2) is 49.2 Å². The number of nitrogens with one attached hydrogen (secondary N) is 1. The number of amides is 1. The van der Waals surface area contributed by atoms with Gasteiger partial charge in [-0.2, -0.15) is 0 Å². The van der Waals surface area contributed by atoms with Crippen molar-refractivity contribution in [3.63, 3.8) is 0 Å². The van der Waals surface area contributed by atoms with Crippen LogP contribution in [0.5, 0.6) is 0 Å². The molecule has 8 heteroatoms. The maximum atomic E-state index is 12.7. The fourth-order valence-corrected chi connectivity index (χ4v) is 3.95. The number of hydrogen-bond donors (Lipinski definition) is 1. The van der Waals surface area contributed by atoms with Crippen molar-refractivity contribution in [3.8, 4) is 5.69 Å². The molecule has 31 heavy (non-hydrogen) atoms. The maximum absolute atomic E-state index is 12.7. The van der Waals surface area contributed by atoms with Gasteiger partial charge < -0.3 is 14.6 Å². The fourth-order valence-electron chi connectivity index (χ4n) is 3.95. The molecular formula is C23H25N7O. The first-order valence-electron chi connectivity index (χ1n) is 10.6. The summed E-state index contributed by atoms with van der Waals surface area (Å²) in [6.45, 7) is 5.85. The summed E-state index contributed by atoms with van der Waals surface area (Å²) in [6, 6.07) is 13.8. The van der Waals surface area contributed by atoms with Gasteiger partial charge in [-0.15, -0.1) is 5.10 Å². The quantitative estimate of drug-likeness (QED) is 0.542. The lowest BCUT2D eigenvalue weighted by Gasteiger charge is -2.21. The second-order valence-corrected chi connectivity index (χ2v) is 8.20. The summed E-state index contributed by atoms with van der Waals surface area (Å²) in [7, 11) is 0. The normalized spacial score (nSPS) is 16.4. The van der Waals surface area contributed by atoms with Gasteiger partial charge >= 0.3 is 0 Å². The second-order valence-electron chi connectivity index (χ2n) is 8.20. The summed E-state index contributed by atoms with van der Waals surface area (Å²) in [6.07, 6.45) is 6.56. The molecule has 0 aliphatic carbocycles. The van der Waals surface area contributed by atoms with Crippen molar-refractivity contribution < 1.29 is 4.79 Å². The molecule has 0 radical (unpaired) electrons. The Balaban J connectivity index is 1.30. The Morgan fingerprint density at radius 2 is 2.00 bits per heavy atom. The van der Waals surface area contributed by atoms with E-state index >= 15 is 0 Å². The van der Waals surface area contributed by atoms with Crippen molar-refractivity contribution in [2.24, 2.45) is 0 Å². The van der Waals surface area contributed by atoms with E-state index in [1.807, 2.05) is 36.4 Å². The third-order valence-corrected chi connectivity index (χ3v) is 5.64. The van der Waals surface area contributed by atoms with E-state index in [0.717, 1.165) is 35.7 Å². The first kappa shape index (κ1) is 19.3. The third-order valence-electron chi connectivity index (χ3n) is 5.64. The van der Waals surface area contributed by atoms with Gasteiger partial charge in [0.2, 0.25) is 5.82 Å². The Bertz CT molecular complexity index is 1210. The van der Waals surface area contributed by atoms with E-state index in [2.05, 4.69) is 57.0 Å². The molecule has 4 aromatic rings. The van der Waals surface area contributed by atoms with Crippen molar-refractivity contribution in [3.05, 3.63) is 72.7 Å². The van der Waals surface area contributed by atoms with Crippen molar-refractivity contribution >= 4 is 17.2 Å². The zero-order valence-corrected chi connectivity index (χ0v) is 17.6. The molecule has 4 heterocycles. The average molecular weight is 416 g/mol. The monoisotopic (exact) mass is 415 g/mol. The molecule has 1 N–H and O–H groups in total. The van der Waals surface area contributed by atoms with Crippen molar-refractivity contribution in [2.75, 3.05) is 18.0 Å². The number of fused-ring (bicyclic) bond motifs is 1. The summed E-state index contributed by atoms with van der Waals surface area (Å²) < 4.78 is 3.74. The fraction of sp³-hybridized carbons (Fsp3) is 0.304. The molecule has 8 nitrogen and oxygen atoms in total. The predicted molar refractivity (Wildman–Crippen MR) is 119 cm³/mol. The van der Waals surface area contributed by atoms with Gasteiger partial charge in [0, 0.05) is 31.5 Å². The van der Waals surface area contributed by atoms with Crippen molar-refractivity contribution in [1.29, 1.82) is 0 Å². The van der Waals surface area contributed by atoms with E-state index in [9.17, 15) is 4.79 Å². The van der Waals surface area contributed by atoms with Crippen molar-refractivity contribution in [1.82, 2.24) is 29.5 Å². The molecule has 5 rings (SSSR count). The topological polar surface area (TPSA) is 80.4 Å². The summed E-state index contributed by atoms with van der Waals surface area (Å²) in [4.78, 5) is 24.1. The highest BCUT2D eigenvalue weighted by molar-refractivity contribution is 5.90. The zero-order chi connectivity index (χ0) is 21.4. The van der Waals surface area contributed by atoms with Gasteiger partial charge in [-0.05, 0) is 36.6 Å². The van der Waals surface area contributed by atoms with Gasteiger partial charge in [0.05, 0.1) is 16.9 Å². The maximum Gasteiger partial charge on any atom is 0.291 e. The summed E-state index contributed by atoms with van der Waals surface area (Å²) in [5.74, 6) is 1.24. The van der Waals surface area contributed by atoms with Crippen LogP contribution in [0.25, 0.3) is 11.2 Å². The highest BCUT2D eigenvalue weighted by Crippen LogP contribution is 2.26. The molecule has 0 spiro atoms. The Morgan fingerprint density at radius 1 is 1.16 bits per heavy atom. The number of para-hydroxylation sites is 1. The first-order chi connectivity index (χ1) is 15.1. The van der Waals surface area contributed by atoms with Crippen LogP contribution in [0.15, 0.2) is 61.2 Å². The number of nitrogens with zero attached hydrogens (tertiary/aromatic N) is 6. The van der Waals surface area contributed by atoms with Crippen LogP contribution in [0.3, 0.4) is 0 Å². The van der Waals surface area contributed by atoms with Gasteiger partial charge in [-0.25, -0.2) is 14.6 Å². The first-order valence-corrected chi connectivity index (χ1v) is 10.6. The molecule has 158 valence electrons. The third kappa shape index (κ3) is 3.76.